The SMILES string of the molecule is COC1Cc2cc(OCNc3cccc(-n4[nH]nnc4=S)c3)ccc2N(CS(=O)(=O)O)C1. The molecule has 3 N–H and O–H groups in total. The monoisotopic (exact) mass is 478 g/mol. The summed E-state index contributed by atoms with van der Waals surface area (Å²) in [6.45, 7) is 0.578. The summed E-state index contributed by atoms with van der Waals surface area (Å²) in [7, 11) is -2.59. The summed E-state index contributed by atoms with van der Waals surface area (Å²) in [6.07, 6.45) is 0.420. The zero-order valence-electron chi connectivity index (χ0n) is 17.1. The van der Waals surface area contributed by atoms with E-state index in [1.54, 1.807) is 28.8 Å². The van der Waals surface area contributed by atoms with Crippen LogP contribution in [0.15, 0.2) is 42.5 Å². The number of rotatable bonds is 8. The molecule has 1 aromatic heterocycles. The van der Waals surface area contributed by atoms with E-state index in [1.807, 2.05) is 30.3 Å². The number of H-pyrrole nitrogens is 1. The number of methoxy groups -OCH3 is 1. The summed E-state index contributed by atoms with van der Waals surface area (Å²) in [5, 5.41) is 13.3. The van der Waals surface area contributed by atoms with Crippen LogP contribution in [0.3, 0.4) is 0 Å². The van der Waals surface area contributed by atoms with Gasteiger partial charge in [-0.2, -0.15) is 13.6 Å². The smallest absolute Gasteiger partial charge is 0.283 e. The Hall–Kier alpha value is -3.00. The van der Waals surface area contributed by atoms with Crippen molar-refractivity contribution in [2.75, 3.05) is 36.5 Å². The average molecular weight is 479 g/mol. The molecule has 4 rings (SSSR count). The molecular formula is C19H22N6O5S2. The van der Waals surface area contributed by atoms with Crippen molar-refractivity contribution in [3.05, 3.63) is 52.8 Å². The Labute approximate surface area is 189 Å². The molecule has 1 atom stereocenters. The molecule has 2 heterocycles. The first-order valence-electron chi connectivity index (χ1n) is 9.65. The van der Waals surface area contributed by atoms with Gasteiger partial charge in [0.15, 0.2) is 6.73 Å². The van der Waals surface area contributed by atoms with Crippen LogP contribution in [0, 0.1) is 4.77 Å². The quantitative estimate of drug-likeness (QED) is 0.251. The molecular weight excluding hydrogens is 456 g/mol. The van der Waals surface area contributed by atoms with Gasteiger partial charge in [-0.3, -0.25) is 4.55 Å². The number of hydrogen-bond donors (Lipinski definition) is 3. The van der Waals surface area contributed by atoms with Crippen LogP contribution in [-0.2, 0) is 21.3 Å². The maximum atomic E-state index is 11.4. The van der Waals surface area contributed by atoms with E-state index >= 15 is 0 Å². The van der Waals surface area contributed by atoms with Gasteiger partial charge in [0.1, 0.15) is 11.6 Å². The van der Waals surface area contributed by atoms with Crippen LogP contribution in [0.5, 0.6) is 5.75 Å². The minimum atomic E-state index is -4.16. The summed E-state index contributed by atoms with van der Waals surface area (Å²) in [4.78, 5) is 1.59. The van der Waals surface area contributed by atoms with E-state index in [-0.39, 0.29) is 12.8 Å². The third kappa shape index (κ3) is 5.24. The van der Waals surface area contributed by atoms with Crippen molar-refractivity contribution < 1.29 is 22.4 Å². The molecule has 0 fully saturated rings. The van der Waals surface area contributed by atoms with E-state index < -0.39 is 16.0 Å². The fourth-order valence-electron chi connectivity index (χ4n) is 3.58. The highest BCUT2D eigenvalue weighted by atomic mass is 32.2. The van der Waals surface area contributed by atoms with Crippen LogP contribution in [0.1, 0.15) is 5.56 Å². The zero-order valence-corrected chi connectivity index (χ0v) is 18.8. The molecule has 0 saturated carbocycles. The first-order valence-corrected chi connectivity index (χ1v) is 11.7. The lowest BCUT2D eigenvalue weighted by molar-refractivity contribution is 0.105. The number of aromatic amines is 1. The van der Waals surface area contributed by atoms with Crippen LogP contribution in [0.25, 0.3) is 5.69 Å². The first-order chi connectivity index (χ1) is 15.3. The third-order valence-corrected chi connectivity index (χ3v) is 5.91. The van der Waals surface area contributed by atoms with Crippen molar-refractivity contribution >= 4 is 33.7 Å². The van der Waals surface area contributed by atoms with Crippen molar-refractivity contribution in [3.8, 4) is 11.4 Å². The molecule has 1 unspecified atom stereocenters. The van der Waals surface area contributed by atoms with Gasteiger partial charge in [-0.05, 0) is 54.2 Å². The van der Waals surface area contributed by atoms with E-state index in [0.717, 1.165) is 22.6 Å². The number of ether oxygens (including phenoxy) is 2. The Bertz CT molecular complexity index is 1260. The lowest BCUT2D eigenvalue weighted by atomic mass is 10.00. The molecule has 13 heteroatoms. The van der Waals surface area contributed by atoms with Crippen molar-refractivity contribution in [2.24, 2.45) is 0 Å². The second-order valence-corrected chi connectivity index (χ2v) is 9.01. The van der Waals surface area contributed by atoms with Gasteiger partial charge in [0, 0.05) is 31.5 Å². The van der Waals surface area contributed by atoms with Crippen molar-refractivity contribution in [1.29, 1.82) is 0 Å². The van der Waals surface area contributed by atoms with Gasteiger partial charge in [-0.15, -0.1) is 0 Å². The van der Waals surface area contributed by atoms with E-state index in [1.165, 1.54) is 0 Å². The second-order valence-electron chi connectivity index (χ2n) is 7.22. The van der Waals surface area contributed by atoms with Gasteiger partial charge in [-0.25, -0.2) is 4.68 Å². The van der Waals surface area contributed by atoms with Gasteiger partial charge in [0.2, 0.25) is 4.77 Å². The Morgan fingerprint density at radius 2 is 2.16 bits per heavy atom. The van der Waals surface area contributed by atoms with Gasteiger partial charge < -0.3 is 19.7 Å². The number of tetrazole rings is 1. The molecule has 170 valence electrons. The van der Waals surface area contributed by atoms with Gasteiger partial charge in [0.25, 0.3) is 10.1 Å². The molecule has 32 heavy (non-hydrogen) atoms. The van der Waals surface area contributed by atoms with Crippen molar-refractivity contribution in [2.45, 2.75) is 12.5 Å². The molecule has 0 saturated heterocycles. The topological polar surface area (TPSA) is 135 Å². The van der Waals surface area contributed by atoms with Crippen molar-refractivity contribution in [3.63, 3.8) is 0 Å². The normalized spacial score (nSPS) is 15.9. The number of nitrogens with one attached hydrogen (secondary N) is 2. The van der Waals surface area contributed by atoms with Crippen LogP contribution >= 0.6 is 12.2 Å². The Morgan fingerprint density at radius 1 is 1.31 bits per heavy atom. The van der Waals surface area contributed by atoms with E-state index in [2.05, 4.69) is 20.8 Å². The number of nitrogens with zero attached hydrogens (tertiary/aromatic N) is 4. The van der Waals surface area contributed by atoms with Crippen molar-refractivity contribution in [1.82, 2.24) is 20.2 Å². The van der Waals surface area contributed by atoms with Crippen LogP contribution in [0.2, 0.25) is 0 Å². The van der Waals surface area contributed by atoms with E-state index in [4.69, 9.17) is 21.7 Å². The number of anilines is 2. The van der Waals surface area contributed by atoms with Crippen LogP contribution in [0.4, 0.5) is 11.4 Å². The fourth-order valence-corrected chi connectivity index (χ4v) is 4.40. The molecule has 3 aromatic rings. The van der Waals surface area contributed by atoms with Crippen LogP contribution < -0.4 is 15.0 Å². The molecule has 1 aliphatic rings. The summed E-state index contributed by atoms with van der Waals surface area (Å²) in [5.41, 5.74) is 3.21. The molecule has 0 spiro atoms. The van der Waals surface area contributed by atoms with Gasteiger partial charge >= 0.3 is 0 Å². The highest BCUT2D eigenvalue weighted by Crippen LogP contribution is 2.31. The zero-order chi connectivity index (χ0) is 22.7. The molecule has 1 aliphatic heterocycles. The second kappa shape index (κ2) is 9.24. The first kappa shape index (κ1) is 22.2. The van der Waals surface area contributed by atoms with E-state index in [9.17, 15) is 13.0 Å². The van der Waals surface area contributed by atoms with Gasteiger partial charge in [-0.1, -0.05) is 16.4 Å². The lowest BCUT2D eigenvalue weighted by Crippen LogP contribution is -2.42. The Balaban J connectivity index is 1.44. The van der Waals surface area contributed by atoms with Gasteiger partial charge in [0.05, 0.1) is 11.8 Å². The predicted molar refractivity (Wildman–Crippen MR) is 120 cm³/mol. The summed E-state index contributed by atoms with van der Waals surface area (Å²) in [6, 6.07) is 12.9. The summed E-state index contributed by atoms with van der Waals surface area (Å²) in [5.74, 6) is 0.129. The standard InChI is InChI=1S/C19H22N6O5S2/c1-29-17-8-13-7-16(5-6-18(13)24(10-17)12-32(26,27)28)30-11-20-14-3-2-4-15(9-14)25-19(31)21-22-23-25/h2-7,9,17,20H,8,10-12H2,1H3,(H,21,23,31)(H,26,27,28). The molecule has 0 amide bonds. The maximum absolute atomic E-state index is 11.4. The number of hydrogen-bond acceptors (Lipinski definition) is 9. The number of benzene rings is 2. The molecule has 11 nitrogen and oxygen atoms in total. The minimum absolute atomic E-state index is 0.191. The third-order valence-electron chi connectivity index (χ3n) is 5.01. The molecule has 2 aromatic carbocycles. The highest BCUT2D eigenvalue weighted by molar-refractivity contribution is 7.85. The predicted octanol–water partition coefficient (Wildman–Crippen LogP) is 2.00. The number of aromatic nitrogens is 4. The Kier molecular flexibility index (Phi) is 6.41. The molecule has 0 bridgehead atoms. The minimum Gasteiger partial charge on any atom is -0.473 e. The largest absolute Gasteiger partial charge is 0.473 e. The maximum Gasteiger partial charge on any atom is 0.283 e. The fraction of sp³-hybridized carbons (Fsp3) is 0.316. The number of fused-ring (bicyclic) bond motifs is 1. The van der Waals surface area contributed by atoms with E-state index in [0.29, 0.717) is 23.5 Å². The highest BCUT2D eigenvalue weighted by Gasteiger charge is 2.27. The molecule has 0 aliphatic carbocycles. The average Bonchev–Trinajstić information content (AvgIpc) is 3.18. The van der Waals surface area contributed by atoms with Crippen LogP contribution in [-0.4, -0.2) is 65.5 Å². The summed E-state index contributed by atoms with van der Waals surface area (Å²) < 4.78 is 45.2. The summed E-state index contributed by atoms with van der Waals surface area (Å²) >= 11 is 5.12. The lowest BCUT2D eigenvalue weighted by Gasteiger charge is -2.34. The Morgan fingerprint density at radius 3 is 2.88 bits per heavy atom. The molecule has 0 radical (unpaired) electrons.